The Morgan fingerprint density at radius 2 is 2.12 bits per heavy atom. The monoisotopic (exact) mass is 276 g/mol. The largest absolute Gasteiger partial charge is 0.480 e. The Morgan fingerprint density at radius 3 is 2.59 bits per heavy atom. The van der Waals surface area contributed by atoms with Crippen molar-refractivity contribution in [1.82, 2.24) is 9.80 Å². The number of thiophene rings is 1. The fourth-order valence-corrected chi connectivity index (χ4v) is 2.53. The van der Waals surface area contributed by atoms with Crippen LogP contribution in [0.2, 0.25) is 4.34 Å². The third-order valence-electron chi connectivity index (χ3n) is 2.23. The molecule has 0 fully saturated rings. The van der Waals surface area contributed by atoms with E-state index in [1.54, 1.807) is 0 Å². The molecular formula is C11H17ClN2O2S. The lowest BCUT2D eigenvalue weighted by molar-refractivity contribution is -0.138. The van der Waals surface area contributed by atoms with Crippen molar-refractivity contribution in [3.05, 3.63) is 21.3 Å². The summed E-state index contributed by atoms with van der Waals surface area (Å²) in [6.07, 6.45) is 0. The molecule has 96 valence electrons. The van der Waals surface area contributed by atoms with Crippen molar-refractivity contribution in [2.24, 2.45) is 0 Å². The molecule has 0 saturated heterocycles. The summed E-state index contributed by atoms with van der Waals surface area (Å²) in [4.78, 5) is 15.8. The fraction of sp³-hybridized carbons (Fsp3) is 0.545. The number of nitrogens with zero attached hydrogens (tertiary/aromatic N) is 2. The molecule has 0 amide bonds. The van der Waals surface area contributed by atoms with Crippen LogP contribution in [-0.2, 0) is 11.3 Å². The first kappa shape index (κ1) is 14.4. The molecule has 17 heavy (non-hydrogen) atoms. The number of aliphatic carboxylic acids is 1. The molecule has 1 N–H and O–H groups in total. The number of rotatable bonds is 7. The second kappa shape index (κ2) is 6.96. The fourth-order valence-electron chi connectivity index (χ4n) is 1.40. The smallest absolute Gasteiger partial charge is 0.317 e. The Bertz CT molecular complexity index is 368. The second-order valence-corrected chi connectivity index (χ2v) is 5.91. The van der Waals surface area contributed by atoms with Crippen LogP contribution in [0, 0.1) is 0 Å². The summed E-state index contributed by atoms with van der Waals surface area (Å²) in [5.74, 6) is -0.800. The average Bonchev–Trinajstić information content (AvgIpc) is 2.59. The van der Waals surface area contributed by atoms with Crippen LogP contribution < -0.4 is 0 Å². The van der Waals surface area contributed by atoms with Crippen LogP contribution >= 0.6 is 22.9 Å². The molecule has 1 heterocycles. The van der Waals surface area contributed by atoms with Gasteiger partial charge in [0, 0.05) is 24.5 Å². The zero-order valence-electron chi connectivity index (χ0n) is 10.0. The molecule has 4 nitrogen and oxygen atoms in total. The van der Waals surface area contributed by atoms with Gasteiger partial charge in [0.2, 0.25) is 0 Å². The SMILES string of the molecule is CN(C)CCN(CC(=O)O)Cc1ccc(Cl)s1. The number of halogens is 1. The van der Waals surface area contributed by atoms with Gasteiger partial charge in [-0.3, -0.25) is 9.69 Å². The Morgan fingerprint density at radius 1 is 1.41 bits per heavy atom. The molecule has 0 bridgehead atoms. The first-order chi connectivity index (χ1) is 7.97. The van der Waals surface area contributed by atoms with E-state index in [2.05, 4.69) is 0 Å². The Kier molecular flexibility index (Phi) is 5.91. The third-order valence-corrected chi connectivity index (χ3v) is 3.45. The highest BCUT2D eigenvalue weighted by Gasteiger charge is 2.11. The van der Waals surface area contributed by atoms with Crippen LogP contribution in [0.5, 0.6) is 0 Å². The van der Waals surface area contributed by atoms with Crippen molar-refractivity contribution in [3.8, 4) is 0 Å². The predicted octanol–water partition coefficient (Wildman–Crippen LogP) is 1.85. The number of hydrogen-bond donors (Lipinski definition) is 1. The van der Waals surface area contributed by atoms with E-state index in [0.29, 0.717) is 6.54 Å². The van der Waals surface area contributed by atoms with Crippen LogP contribution in [0.15, 0.2) is 12.1 Å². The van der Waals surface area contributed by atoms with Gasteiger partial charge in [-0.25, -0.2) is 0 Å². The summed E-state index contributed by atoms with van der Waals surface area (Å²) in [7, 11) is 3.95. The second-order valence-electron chi connectivity index (χ2n) is 4.11. The van der Waals surface area contributed by atoms with Gasteiger partial charge in [0.15, 0.2) is 0 Å². The molecule has 0 aliphatic rings. The zero-order valence-corrected chi connectivity index (χ0v) is 11.6. The van der Waals surface area contributed by atoms with Gasteiger partial charge in [-0.05, 0) is 26.2 Å². The maximum Gasteiger partial charge on any atom is 0.317 e. The topological polar surface area (TPSA) is 43.8 Å². The van der Waals surface area contributed by atoms with Crippen LogP contribution in [0.4, 0.5) is 0 Å². The molecule has 0 spiro atoms. The molecule has 0 atom stereocenters. The van der Waals surface area contributed by atoms with Crippen molar-refractivity contribution in [3.63, 3.8) is 0 Å². The lowest BCUT2D eigenvalue weighted by Crippen LogP contribution is -2.34. The van der Waals surface area contributed by atoms with E-state index in [4.69, 9.17) is 16.7 Å². The van der Waals surface area contributed by atoms with Crippen LogP contribution in [0.3, 0.4) is 0 Å². The van der Waals surface area contributed by atoms with E-state index in [0.717, 1.165) is 22.3 Å². The number of carboxylic acids is 1. The van der Waals surface area contributed by atoms with Crippen molar-refractivity contribution >= 4 is 28.9 Å². The van der Waals surface area contributed by atoms with E-state index in [-0.39, 0.29) is 6.54 Å². The first-order valence-corrected chi connectivity index (χ1v) is 6.50. The minimum Gasteiger partial charge on any atom is -0.480 e. The molecule has 1 rings (SSSR count). The maximum absolute atomic E-state index is 10.8. The molecule has 0 aliphatic carbocycles. The molecule has 0 aliphatic heterocycles. The van der Waals surface area contributed by atoms with Gasteiger partial charge in [0.05, 0.1) is 10.9 Å². The normalized spacial score (nSPS) is 11.4. The number of carboxylic acid groups (broad SMARTS) is 1. The van der Waals surface area contributed by atoms with Gasteiger partial charge in [-0.2, -0.15) is 0 Å². The Labute approximate surface area is 110 Å². The standard InChI is InChI=1S/C11H17ClN2O2S/c1-13(2)5-6-14(8-11(15)16)7-9-3-4-10(12)17-9/h3-4H,5-8H2,1-2H3,(H,15,16). The Hall–Kier alpha value is -0.620. The van der Waals surface area contributed by atoms with Crippen molar-refractivity contribution < 1.29 is 9.90 Å². The van der Waals surface area contributed by atoms with E-state index < -0.39 is 5.97 Å². The van der Waals surface area contributed by atoms with E-state index in [1.807, 2.05) is 36.0 Å². The average molecular weight is 277 g/mol. The molecule has 6 heteroatoms. The van der Waals surface area contributed by atoms with Gasteiger partial charge in [0.25, 0.3) is 0 Å². The molecule has 1 aromatic rings. The summed E-state index contributed by atoms with van der Waals surface area (Å²) >= 11 is 7.35. The third kappa shape index (κ3) is 6.02. The summed E-state index contributed by atoms with van der Waals surface area (Å²) in [6, 6.07) is 3.78. The van der Waals surface area contributed by atoms with Gasteiger partial charge < -0.3 is 10.0 Å². The van der Waals surface area contributed by atoms with Gasteiger partial charge in [-0.1, -0.05) is 11.6 Å². The lowest BCUT2D eigenvalue weighted by Gasteiger charge is -2.21. The van der Waals surface area contributed by atoms with E-state index in [1.165, 1.54) is 11.3 Å². The molecule has 0 saturated carbocycles. The summed E-state index contributed by atoms with van der Waals surface area (Å²) in [5, 5.41) is 8.85. The van der Waals surface area contributed by atoms with Crippen LogP contribution in [-0.4, -0.2) is 54.6 Å². The van der Waals surface area contributed by atoms with Crippen molar-refractivity contribution in [1.29, 1.82) is 0 Å². The van der Waals surface area contributed by atoms with Crippen LogP contribution in [0.1, 0.15) is 4.88 Å². The first-order valence-electron chi connectivity index (χ1n) is 5.30. The Balaban J connectivity index is 2.53. The lowest BCUT2D eigenvalue weighted by atomic mass is 10.4. The molecule has 0 radical (unpaired) electrons. The summed E-state index contributed by atoms with van der Waals surface area (Å²) in [5.41, 5.74) is 0. The zero-order chi connectivity index (χ0) is 12.8. The number of likely N-dealkylation sites (N-methyl/N-ethyl adjacent to an activating group) is 1. The summed E-state index contributed by atoms with van der Waals surface area (Å²) < 4.78 is 0.739. The molecular weight excluding hydrogens is 260 g/mol. The van der Waals surface area contributed by atoms with E-state index in [9.17, 15) is 4.79 Å². The summed E-state index contributed by atoms with van der Waals surface area (Å²) in [6.45, 7) is 2.27. The van der Waals surface area contributed by atoms with Gasteiger partial charge in [0.1, 0.15) is 0 Å². The van der Waals surface area contributed by atoms with Crippen molar-refractivity contribution in [2.75, 3.05) is 33.7 Å². The van der Waals surface area contributed by atoms with E-state index >= 15 is 0 Å². The molecule has 1 aromatic heterocycles. The molecule has 0 aromatic carbocycles. The predicted molar refractivity (Wildman–Crippen MR) is 70.8 cm³/mol. The minimum atomic E-state index is -0.800. The highest BCUT2D eigenvalue weighted by Crippen LogP contribution is 2.22. The number of carbonyl (C=O) groups is 1. The van der Waals surface area contributed by atoms with Gasteiger partial charge in [-0.15, -0.1) is 11.3 Å². The van der Waals surface area contributed by atoms with Crippen molar-refractivity contribution in [2.45, 2.75) is 6.54 Å². The minimum absolute atomic E-state index is 0.0589. The highest BCUT2D eigenvalue weighted by molar-refractivity contribution is 7.16. The maximum atomic E-state index is 10.8. The van der Waals surface area contributed by atoms with Gasteiger partial charge >= 0.3 is 5.97 Å². The van der Waals surface area contributed by atoms with Crippen LogP contribution in [0.25, 0.3) is 0 Å². The highest BCUT2D eigenvalue weighted by atomic mass is 35.5. The molecule has 0 unspecified atom stereocenters. The number of hydrogen-bond acceptors (Lipinski definition) is 4. The quantitative estimate of drug-likeness (QED) is 0.825.